The molecule has 4 rings (SSSR count). The van der Waals surface area contributed by atoms with Gasteiger partial charge in [-0.15, -0.1) is 0 Å². The topological polar surface area (TPSA) is 123 Å². The van der Waals surface area contributed by atoms with Crippen LogP contribution in [0, 0.1) is 17.7 Å². The number of aryl methyl sites for hydroxylation is 1. The first-order valence-corrected chi connectivity index (χ1v) is 12.4. The maximum Gasteiger partial charge on any atom is 0.412 e. The van der Waals surface area contributed by atoms with E-state index < -0.39 is 29.4 Å². The Balaban J connectivity index is 1.46. The van der Waals surface area contributed by atoms with Gasteiger partial charge in [-0.3, -0.25) is 9.59 Å². The fraction of sp³-hybridized carbons (Fsp3) is 0.276. The van der Waals surface area contributed by atoms with Crippen molar-refractivity contribution in [3.05, 3.63) is 78.1 Å². The Bertz CT molecular complexity index is 1360. The van der Waals surface area contributed by atoms with Crippen LogP contribution in [-0.2, 0) is 16.0 Å². The number of amides is 3. The van der Waals surface area contributed by atoms with E-state index in [1.165, 1.54) is 19.2 Å². The van der Waals surface area contributed by atoms with Gasteiger partial charge in [0.25, 0.3) is 0 Å². The van der Waals surface area contributed by atoms with Crippen molar-refractivity contribution < 1.29 is 23.5 Å². The Labute approximate surface area is 220 Å². The average molecular weight is 519 g/mol. The predicted molar refractivity (Wildman–Crippen MR) is 144 cm³/mol. The van der Waals surface area contributed by atoms with Gasteiger partial charge in [0, 0.05) is 29.9 Å². The van der Waals surface area contributed by atoms with Gasteiger partial charge < -0.3 is 26.4 Å². The van der Waals surface area contributed by atoms with Crippen molar-refractivity contribution in [2.24, 2.45) is 17.6 Å². The lowest BCUT2D eigenvalue weighted by Gasteiger charge is -2.34. The number of benzene rings is 3. The number of rotatable bonds is 6. The maximum absolute atomic E-state index is 13.7. The van der Waals surface area contributed by atoms with Gasteiger partial charge in [0.1, 0.15) is 11.6 Å². The van der Waals surface area contributed by atoms with Crippen molar-refractivity contribution in [3.8, 4) is 16.9 Å². The normalized spacial score (nSPS) is 17.2. The Hall–Kier alpha value is -4.24. The third-order valence-electron chi connectivity index (χ3n) is 7.17. The number of hydrogen-bond donors (Lipinski definition) is 4. The van der Waals surface area contributed by atoms with E-state index in [1.54, 1.807) is 56.3 Å². The number of para-hydroxylation sites is 1. The van der Waals surface area contributed by atoms with Crippen molar-refractivity contribution >= 4 is 29.3 Å². The Morgan fingerprint density at radius 3 is 2.55 bits per heavy atom. The standard InChI is InChI=1S/C29H31FN4O4/c1-17(22-14-10-19-16-20(30)11-15-24(19)34-26(22)35)29(2,31)27(36)33-21-12-8-18(9-13-21)23-6-4-5-7-25(23)38-28(37)32-3/h4-9,11-13,15-17,22H,10,14,31H2,1-3H3,(H,32,37)(H,33,36)(H,34,35)/t17-,22?,29?/m1/s1. The maximum atomic E-state index is 13.7. The molecule has 0 bridgehead atoms. The van der Waals surface area contributed by atoms with Gasteiger partial charge in [-0.25, -0.2) is 9.18 Å². The first-order valence-electron chi connectivity index (χ1n) is 12.4. The van der Waals surface area contributed by atoms with E-state index in [2.05, 4.69) is 16.0 Å². The van der Waals surface area contributed by atoms with Gasteiger partial charge in [-0.1, -0.05) is 37.3 Å². The molecule has 0 aromatic heterocycles. The van der Waals surface area contributed by atoms with Crippen molar-refractivity contribution in [1.29, 1.82) is 0 Å². The zero-order valence-corrected chi connectivity index (χ0v) is 21.5. The molecule has 0 spiro atoms. The number of halogens is 1. The van der Waals surface area contributed by atoms with E-state index in [0.29, 0.717) is 35.5 Å². The minimum Gasteiger partial charge on any atom is -0.410 e. The lowest BCUT2D eigenvalue weighted by molar-refractivity contribution is -0.126. The molecule has 198 valence electrons. The van der Waals surface area contributed by atoms with Gasteiger partial charge in [0.2, 0.25) is 11.8 Å². The highest BCUT2D eigenvalue weighted by atomic mass is 19.1. The molecule has 9 heteroatoms. The van der Waals surface area contributed by atoms with Crippen LogP contribution in [0.25, 0.3) is 11.1 Å². The fourth-order valence-electron chi connectivity index (χ4n) is 4.60. The van der Waals surface area contributed by atoms with Crippen molar-refractivity contribution in [1.82, 2.24) is 5.32 Å². The van der Waals surface area contributed by atoms with Crippen LogP contribution in [-0.4, -0.2) is 30.5 Å². The molecule has 0 aliphatic carbocycles. The number of ether oxygens (including phenoxy) is 1. The summed E-state index contributed by atoms with van der Waals surface area (Å²) < 4.78 is 19.0. The van der Waals surface area contributed by atoms with E-state index in [1.807, 2.05) is 12.1 Å². The Morgan fingerprint density at radius 1 is 1.13 bits per heavy atom. The van der Waals surface area contributed by atoms with Gasteiger partial charge in [0.15, 0.2) is 0 Å². The zero-order chi connectivity index (χ0) is 27.4. The number of anilines is 2. The summed E-state index contributed by atoms with van der Waals surface area (Å²) in [6.07, 6.45) is 0.358. The minimum atomic E-state index is -1.36. The monoisotopic (exact) mass is 518 g/mol. The second-order valence-corrected chi connectivity index (χ2v) is 9.67. The second-order valence-electron chi connectivity index (χ2n) is 9.67. The van der Waals surface area contributed by atoms with Crippen LogP contribution >= 0.6 is 0 Å². The first kappa shape index (κ1) is 26.8. The molecule has 2 unspecified atom stereocenters. The SMILES string of the molecule is CNC(=O)Oc1ccccc1-c1ccc(NC(=O)C(C)(N)[C@H](C)C2CCc3cc(F)ccc3NC2=O)cc1. The molecule has 3 aromatic carbocycles. The van der Waals surface area contributed by atoms with Crippen LogP contribution < -0.4 is 26.4 Å². The van der Waals surface area contributed by atoms with Crippen LogP contribution in [0.3, 0.4) is 0 Å². The van der Waals surface area contributed by atoms with Crippen LogP contribution in [0.1, 0.15) is 25.8 Å². The van der Waals surface area contributed by atoms with Crippen LogP contribution in [0.5, 0.6) is 5.75 Å². The lowest BCUT2D eigenvalue weighted by Crippen LogP contribution is -2.56. The molecule has 38 heavy (non-hydrogen) atoms. The minimum absolute atomic E-state index is 0.241. The summed E-state index contributed by atoms with van der Waals surface area (Å²) in [7, 11) is 1.48. The summed E-state index contributed by atoms with van der Waals surface area (Å²) in [4.78, 5) is 37.9. The van der Waals surface area contributed by atoms with Crippen LogP contribution in [0.15, 0.2) is 66.7 Å². The number of carbonyl (C=O) groups is 3. The fourth-order valence-corrected chi connectivity index (χ4v) is 4.60. The van der Waals surface area contributed by atoms with Gasteiger partial charge in [-0.2, -0.15) is 0 Å². The molecule has 0 radical (unpaired) electrons. The summed E-state index contributed by atoms with van der Waals surface area (Å²) in [6, 6.07) is 18.5. The summed E-state index contributed by atoms with van der Waals surface area (Å²) in [5.41, 5.74) is 8.49. The third-order valence-corrected chi connectivity index (χ3v) is 7.17. The van der Waals surface area contributed by atoms with Crippen molar-refractivity contribution in [2.75, 3.05) is 17.7 Å². The average Bonchev–Trinajstić information content (AvgIpc) is 3.06. The first-order chi connectivity index (χ1) is 18.1. The molecule has 1 aliphatic rings. The van der Waals surface area contributed by atoms with Crippen LogP contribution in [0.4, 0.5) is 20.6 Å². The molecule has 3 amide bonds. The van der Waals surface area contributed by atoms with E-state index in [0.717, 1.165) is 11.1 Å². The Morgan fingerprint density at radius 2 is 1.84 bits per heavy atom. The highest BCUT2D eigenvalue weighted by molar-refractivity contribution is 6.00. The number of fused-ring (bicyclic) bond motifs is 1. The van der Waals surface area contributed by atoms with E-state index in [4.69, 9.17) is 10.5 Å². The highest BCUT2D eigenvalue weighted by Gasteiger charge is 2.42. The van der Waals surface area contributed by atoms with Gasteiger partial charge in [-0.05, 0) is 73.2 Å². The molecule has 0 saturated carbocycles. The third kappa shape index (κ3) is 5.68. The largest absolute Gasteiger partial charge is 0.412 e. The smallest absolute Gasteiger partial charge is 0.410 e. The number of nitrogens with one attached hydrogen (secondary N) is 3. The second kappa shape index (κ2) is 11.0. The summed E-state index contributed by atoms with van der Waals surface area (Å²) in [6.45, 7) is 3.39. The quantitative estimate of drug-likeness (QED) is 0.377. The molecule has 3 aromatic rings. The number of nitrogens with two attached hydrogens (primary N) is 1. The molecule has 1 heterocycles. The number of hydrogen-bond acceptors (Lipinski definition) is 5. The van der Waals surface area contributed by atoms with Crippen molar-refractivity contribution in [3.63, 3.8) is 0 Å². The molecular formula is C29H31FN4O4. The predicted octanol–water partition coefficient (Wildman–Crippen LogP) is 4.70. The lowest BCUT2D eigenvalue weighted by atomic mass is 9.75. The van der Waals surface area contributed by atoms with Crippen LogP contribution in [0.2, 0.25) is 0 Å². The van der Waals surface area contributed by atoms with E-state index >= 15 is 0 Å². The highest BCUT2D eigenvalue weighted by Crippen LogP contribution is 2.34. The molecule has 5 N–H and O–H groups in total. The summed E-state index contributed by atoms with van der Waals surface area (Å²) >= 11 is 0. The summed E-state index contributed by atoms with van der Waals surface area (Å²) in [5, 5.41) is 8.13. The molecule has 3 atom stereocenters. The van der Waals surface area contributed by atoms with E-state index in [-0.39, 0.29) is 11.7 Å². The summed E-state index contributed by atoms with van der Waals surface area (Å²) in [5.74, 6) is -1.67. The molecule has 8 nitrogen and oxygen atoms in total. The molecule has 1 aliphatic heterocycles. The Kier molecular flexibility index (Phi) is 7.78. The number of carbonyl (C=O) groups excluding carboxylic acids is 3. The van der Waals surface area contributed by atoms with Gasteiger partial charge in [0.05, 0.1) is 5.54 Å². The van der Waals surface area contributed by atoms with Gasteiger partial charge >= 0.3 is 6.09 Å². The molecule has 0 fully saturated rings. The zero-order valence-electron chi connectivity index (χ0n) is 21.5. The molecule has 0 saturated heterocycles. The van der Waals surface area contributed by atoms with E-state index in [9.17, 15) is 18.8 Å². The van der Waals surface area contributed by atoms with Crippen molar-refractivity contribution in [2.45, 2.75) is 32.2 Å². The molecular weight excluding hydrogens is 487 g/mol.